The van der Waals surface area contributed by atoms with Crippen LogP contribution < -0.4 is 0 Å². The van der Waals surface area contributed by atoms with Gasteiger partial charge in [0.15, 0.2) is 0 Å². The van der Waals surface area contributed by atoms with E-state index in [0.717, 1.165) is 10.3 Å². The Hall–Kier alpha value is -0.140. The molecule has 1 saturated heterocycles. The molecule has 2 heteroatoms. The second-order valence-corrected chi connectivity index (χ2v) is 6.88. The topological polar surface area (TPSA) is 0 Å². The minimum absolute atomic E-state index is 0.627. The van der Waals surface area contributed by atoms with Crippen LogP contribution in [0.2, 0.25) is 5.02 Å². The van der Waals surface area contributed by atoms with E-state index < -0.39 is 0 Å². The molecular formula is C12H16ClS+. The van der Waals surface area contributed by atoms with Crippen LogP contribution in [0.15, 0.2) is 24.3 Å². The molecule has 2 rings (SSSR count). The van der Waals surface area contributed by atoms with Crippen LogP contribution in [-0.2, 0) is 10.9 Å². The van der Waals surface area contributed by atoms with Gasteiger partial charge in [0.05, 0.1) is 0 Å². The van der Waals surface area contributed by atoms with E-state index in [1.165, 1.54) is 29.9 Å². The van der Waals surface area contributed by atoms with Gasteiger partial charge in [-0.2, -0.15) is 0 Å². The lowest BCUT2D eigenvalue weighted by Crippen LogP contribution is -2.12. The van der Waals surface area contributed by atoms with Crippen LogP contribution in [0.1, 0.15) is 30.6 Å². The van der Waals surface area contributed by atoms with Crippen molar-refractivity contribution in [3.05, 3.63) is 34.9 Å². The summed E-state index contributed by atoms with van der Waals surface area (Å²) in [5.74, 6) is 2.87. The SMILES string of the molecule is CC(c1ccc(Cl)cc1)[S+]1CCCC1. The quantitative estimate of drug-likeness (QED) is 0.674. The van der Waals surface area contributed by atoms with Crippen molar-refractivity contribution in [1.29, 1.82) is 0 Å². The predicted octanol–water partition coefficient (Wildman–Crippen LogP) is 3.81. The third-order valence-electron chi connectivity index (χ3n) is 2.90. The van der Waals surface area contributed by atoms with Gasteiger partial charge in [0.2, 0.25) is 0 Å². The van der Waals surface area contributed by atoms with E-state index in [-0.39, 0.29) is 0 Å². The molecule has 0 aromatic heterocycles. The average Bonchev–Trinajstić information content (AvgIpc) is 2.71. The van der Waals surface area contributed by atoms with Crippen LogP contribution >= 0.6 is 11.6 Å². The summed E-state index contributed by atoms with van der Waals surface area (Å²) in [6.07, 6.45) is 2.86. The highest BCUT2D eigenvalue weighted by atomic mass is 35.5. The summed E-state index contributed by atoms with van der Waals surface area (Å²) in [5.41, 5.74) is 1.46. The molecule has 1 fully saturated rings. The van der Waals surface area contributed by atoms with Crippen molar-refractivity contribution in [2.24, 2.45) is 0 Å². The van der Waals surface area contributed by atoms with Gasteiger partial charge in [-0.1, -0.05) is 23.7 Å². The lowest BCUT2D eigenvalue weighted by molar-refractivity contribution is 0.949. The fourth-order valence-electron chi connectivity index (χ4n) is 1.96. The molecule has 0 radical (unpaired) electrons. The van der Waals surface area contributed by atoms with Crippen molar-refractivity contribution in [2.45, 2.75) is 25.0 Å². The first kappa shape index (κ1) is 10.4. The van der Waals surface area contributed by atoms with E-state index in [4.69, 9.17) is 11.6 Å². The van der Waals surface area contributed by atoms with Crippen LogP contribution in [0.5, 0.6) is 0 Å². The van der Waals surface area contributed by atoms with Crippen molar-refractivity contribution >= 4 is 22.5 Å². The van der Waals surface area contributed by atoms with E-state index in [9.17, 15) is 0 Å². The molecule has 0 saturated carbocycles. The average molecular weight is 228 g/mol. The van der Waals surface area contributed by atoms with E-state index in [1.54, 1.807) is 0 Å². The van der Waals surface area contributed by atoms with Crippen LogP contribution in [0.4, 0.5) is 0 Å². The molecule has 1 unspecified atom stereocenters. The molecule has 0 bridgehead atoms. The molecule has 1 aliphatic heterocycles. The number of hydrogen-bond acceptors (Lipinski definition) is 0. The van der Waals surface area contributed by atoms with Crippen LogP contribution in [0, 0.1) is 0 Å². The van der Waals surface area contributed by atoms with Crippen molar-refractivity contribution in [3.63, 3.8) is 0 Å². The van der Waals surface area contributed by atoms with E-state index in [2.05, 4.69) is 19.1 Å². The fraction of sp³-hybridized carbons (Fsp3) is 0.500. The Labute approximate surface area is 94.0 Å². The number of halogens is 1. The molecular weight excluding hydrogens is 212 g/mol. The first-order chi connectivity index (χ1) is 6.77. The number of hydrogen-bond donors (Lipinski definition) is 0. The Morgan fingerprint density at radius 2 is 1.71 bits per heavy atom. The zero-order chi connectivity index (χ0) is 9.97. The van der Waals surface area contributed by atoms with Gasteiger partial charge in [-0.15, -0.1) is 0 Å². The maximum Gasteiger partial charge on any atom is 0.140 e. The van der Waals surface area contributed by atoms with Crippen molar-refractivity contribution in [3.8, 4) is 0 Å². The zero-order valence-corrected chi connectivity index (χ0v) is 10.1. The molecule has 1 aromatic rings. The standard InChI is InChI=1S/C12H16ClS/c1-10(14-8-2-3-9-14)11-4-6-12(13)7-5-11/h4-7,10H,2-3,8-9H2,1H3/q+1. The van der Waals surface area contributed by atoms with Gasteiger partial charge >= 0.3 is 0 Å². The Bertz CT molecular complexity index is 288. The first-order valence-corrected chi connectivity index (χ1v) is 7.19. The number of rotatable bonds is 2. The fourth-order valence-corrected chi connectivity index (χ4v) is 4.69. The van der Waals surface area contributed by atoms with Crippen molar-refractivity contribution in [2.75, 3.05) is 11.5 Å². The second kappa shape index (κ2) is 4.59. The van der Waals surface area contributed by atoms with Gasteiger partial charge in [-0.25, -0.2) is 0 Å². The molecule has 1 atom stereocenters. The second-order valence-electron chi connectivity index (χ2n) is 3.85. The molecule has 0 amide bonds. The van der Waals surface area contributed by atoms with Crippen molar-refractivity contribution < 1.29 is 0 Å². The summed E-state index contributed by atoms with van der Waals surface area (Å²) in [4.78, 5) is 0. The molecule has 0 spiro atoms. The maximum absolute atomic E-state index is 5.88. The molecule has 1 aliphatic rings. The Kier molecular flexibility index (Phi) is 3.40. The largest absolute Gasteiger partial charge is 0.140 e. The molecule has 0 N–H and O–H groups in total. The highest BCUT2D eigenvalue weighted by molar-refractivity contribution is 7.97. The molecule has 1 aromatic carbocycles. The van der Waals surface area contributed by atoms with E-state index >= 15 is 0 Å². The summed E-state index contributed by atoms with van der Waals surface area (Å²) in [7, 11) is 0.627. The van der Waals surface area contributed by atoms with E-state index in [0.29, 0.717) is 10.9 Å². The van der Waals surface area contributed by atoms with Gasteiger partial charge in [0.1, 0.15) is 16.8 Å². The van der Waals surface area contributed by atoms with Gasteiger partial charge in [0, 0.05) is 10.6 Å². The van der Waals surface area contributed by atoms with E-state index in [1.807, 2.05) is 12.1 Å². The molecule has 0 aliphatic carbocycles. The van der Waals surface area contributed by atoms with Gasteiger partial charge in [-0.3, -0.25) is 0 Å². The lowest BCUT2D eigenvalue weighted by Gasteiger charge is -2.10. The van der Waals surface area contributed by atoms with Crippen molar-refractivity contribution in [1.82, 2.24) is 0 Å². The van der Waals surface area contributed by atoms with Gasteiger partial charge < -0.3 is 0 Å². The molecule has 76 valence electrons. The van der Waals surface area contributed by atoms with Gasteiger partial charge in [-0.05, 0) is 42.8 Å². The molecule has 0 nitrogen and oxygen atoms in total. The monoisotopic (exact) mass is 227 g/mol. The summed E-state index contributed by atoms with van der Waals surface area (Å²) in [5, 5.41) is 1.57. The predicted molar refractivity (Wildman–Crippen MR) is 66.2 cm³/mol. The first-order valence-electron chi connectivity index (χ1n) is 5.19. The van der Waals surface area contributed by atoms with Crippen LogP contribution in [-0.4, -0.2) is 11.5 Å². The van der Waals surface area contributed by atoms with Crippen LogP contribution in [0.25, 0.3) is 0 Å². The normalized spacial score (nSPS) is 19.9. The summed E-state index contributed by atoms with van der Waals surface area (Å²) >= 11 is 5.88. The molecule has 14 heavy (non-hydrogen) atoms. The highest BCUT2D eigenvalue weighted by Crippen LogP contribution is 2.30. The number of benzene rings is 1. The Balaban J connectivity index is 2.09. The Morgan fingerprint density at radius 1 is 1.14 bits per heavy atom. The summed E-state index contributed by atoms with van der Waals surface area (Å²) in [6, 6.07) is 8.37. The third kappa shape index (κ3) is 2.26. The van der Waals surface area contributed by atoms with Crippen LogP contribution in [0.3, 0.4) is 0 Å². The summed E-state index contributed by atoms with van der Waals surface area (Å²) in [6.45, 7) is 2.36. The highest BCUT2D eigenvalue weighted by Gasteiger charge is 2.31. The minimum atomic E-state index is 0.627. The Morgan fingerprint density at radius 3 is 2.29 bits per heavy atom. The van der Waals surface area contributed by atoms with Gasteiger partial charge in [0.25, 0.3) is 0 Å². The zero-order valence-electron chi connectivity index (χ0n) is 8.50. The minimum Gasteiger partial charge on any atom is -0.0843 e. The molecule has 1 heterocycles. The lowest BCUT2D eigenvalue weighted by atomic mass is 10.2. The maximum atomic E-state index is 5.88. The smallest absolute Gasteiger partial charge is 0.0843 e. The third-order valence-corrected chi connectivity index (χ3v) is 6.05. The summed E-state index contributed by atoms with van der Waals surface area (Å²) < 4.78 is 0.